The third-order valence-corrected chi connectivity index (χ3v) is 4.95. The van der Waals surface area contributed by atoms with Gasteiger partial charge in [-0.05, 0) is 12.5 Å². The van der Waals surface area contributed by atoms with Gasteiger partial charge in [0.25, 0.3) is 5.69 Å². The van der Waals surface area contributed by atoms with E-state index in [0.29, 0.717) is 6.42 Å². The van der Waals surface area contributed by atoms with Crippen molar-refractivity contribution >= 4 is 15.5 Å². The van der Waals surface area contributed by atoms with Gasteiger partial charge in [0.15, 0.2) is 21.3 Å². The smallest absolute Gasteiger partial charge is 0.278 e. The van der Waals surface area contributed by atoms with Crippen molar-refractivity contribution in [3.8, 4) is 11.5 Å². The minimum Gasteiger partial charge on any atom is -0.493 e. The first-order chi connectivity index (χ1) is 9.86. The summed E-state index contributed by atoms with van der Waals surface area (Å²) in [5.74, 6) is 0.236. The number of nitro groups is 1. The monoisotopic (exact) mass is 317 g/mol. The lowest BCUT2D eigenvalue weighted by Gasteiger charge is -2.15. The molecular weight excluding hydrogens is 302 g/mol. The fraction of sp³-hybridized carbons (Fsp3) is 0.500. The number of methoxy groups -OCH3 is 1. The third kappa shape index (κ3) is 3.42. The molecule has 1 unspecified atom stereocenters. The number of ether oxygens (including phenoxy) is 2. The molecule has 1 saturated heterocycles. The van der Waals surface area contributed by atoms with Gasteiger partial charge in [0.2, 0.25) is 0 Å². The third-order valence-electron chi connectivity index (χ3n) is 3.22. The van der Waals surface area contributed by atoms with Gasteiger partial charge < -0.3 is 14.6 Å². The highest BCUT2D eigenvalue weighted by Gasteiger charge is 2.31. The number of aliphatic hydroxyl groups is 1. The Morgan fingerprint density at radius 3 is 2.62 bits per heavy atom. The van der Waals surface area contributed by atoms with E-state index in [1.807, 2.05) is 0 Å². The van der Waals surface area contributed by atoms with Crippen molar-refractivity contribution in [3.05, 3.63) is 27.8 Å². The number of sulfone groups is 1. The number of aliphatic hydroxyl groups excluding tert-OH is 1. The molecule has 1 heterocycles. The zero-order chi connectivity index (χ0) is 15.6. The number of nitrogens with zero attached hydrogens (tertiary/aromatic N) is 1. The van der Waals surface area contributed by atoms with Crippen LogP contribution in [0.3, 0.4) is 0 Å². The van der Waals surface area contributed by atoms with E-state index in [-0.39, 0.29) is 34.3 Å². The molecule has 0 aromatic heterocycles. The van der Waals surface area contributed by atoms with Crippen molar-refractivity contribution < 1.29 is 27.9 Å². The van der Waals surface area contributed by atoms with Gasteiger partial charge in [0.1, 0.15) is 6.10 Å². The minimum atomic E-state index is -3.11. The van der Waals surface area contributed by atoms with Crippen molar-refractivity contribution in [2.75, 3.05) is 18.6 Å². The lowest BCUT2D eigenvalue weighted by molar-refractivity contribution is -0.386. The van der Waals surface area contributed by atoms with Gasteiger partial charge in [-0.3, -0.25) is 10.1 Å². The number of benzene rings is 1. The van der Waals surface area contributed by atoms with E-state index in [1.54, 1.807) is 0 Å². The Bertz CT molecular complexity index is 656. The molecule has 1 aliphatic heterocycles. The van der Waals surface area contributed by atoms with Crippen molar-refractivity contribution in [3.63, 3.8) is 0 Å². The lowest BCUT2D eigenvalue weighted by atomic mass is 10.1. The first-order valence-corrected chi connectivity index (χ1v) is 8.01. The van der Waals surface area contributed by atoms with Crippen LogP contribution < -0.4 is 9.47 Å². The van der Waals surface area contributed by atoms with E-state index in [0.717, 1.165) is 6.07 Å². The largest absolute Gasteiger partial charge is 0.493 e. The summed E-state index contributed by atoms with van der Waals surface area (Å²) in [6, 6.07) is 2.46. The standard InChI is InChI=1S/C12H15NO7S/c1-19-11-4-8(6-14)10(13(15)16)5-12(11)20-9-2-3-21(17,18)7-9/h4-5,9,14H,2-3,6-7H2,1H3. The number of hydrogen-bond acceptors (Lipinski definition) is 7. The maximum absolute atomic E-state index is 11.4. The molecule has 1 aliphatic rings. The van der Waals surface area contributed by atoms with E-state index in [1.165, 1.54) is 13.2 Å². The zero-order valence-electron chi connectivity index (χ0n) is 11.3. The average Bonchev–Trinajstić information content (AvgIpc) is 2.77. The first kappa shape index (κ1) is 15.5. The Hall–Kier alpha value is -1.87. The number of rotatable bonds is 5. The summed E-state index contributed by atoms with van der Waals surface area (Å²) in [5.41, 5.74) is -0.197. The van der Waals surface area contributed by atoms with Crippen LogP contribution in [-0.2, 0) is 16.4 Å². The molecule has 0 amide bonds. The van der Waals surface area contributed by atoms with Gasteiger partial charge in [-0.1, -0.05) is 0 Å². The zero-order valence-corrected chi connectivity index (χ0v) is 12.1. The Kier molecular flexibility index (Phi) is 4.33. The van der Waals surface area contributed by atoms with Gasteiger partial charge in [-0.25, -0.2) is 8.42 Å². The Labute approximate surface area is 121 Å². The second-order valence-corrected chi connectivity index (χ2v) is 6.92. The number of nitro benzene ring substituents is 1. The van der Waals surface area contributed by atoms with E-state index < -0.39 is 27.5 Å². The predicted molar refractivity (Wildman–Crippen MR) is 73.3 cm³/mol. The summed E-state index contributed by atoms with van der Waals surface area (Å²) in [4.78, 5) is 10.3. The van der Waals surface area contributed by atoms with Gasteiger partial charge in [0.05, 0.1) is 41.8 Å². The van der Waals surface area contributed by atoms with Gasteiger partial charge >= 0.3 is 0 Å². The second kappa shape index (κ2) is 5.86. The molecule has 2 rings (SSSR count). The van der Waals surface area contributed by atoms with Crippen molar-refractivity contribution in [1.29, 1.82) is 0 Å². The highest BCUT2D eigenvalue weighted by Crippen LogP contribution is 2.36. The van der Waals surface area contributed by atoms with Crippen molar-refractivity contribution in [2.24, 2.45) is 0 Å². The Morgan fingerprint density at radius 2 is 2.14 bits per heavy atom. The molecule has 1 aromatic carbocycles. The quantitative estimate of drug-likeness (QED) is 0.626. The van der Waals surface area contributed by atoms with Crippen LogP contribution in [0.5, 0.6) is 11.5 Å². The molecule has 1 N–H and O–H groups in total. The van der Waals surface area contributed by atoms with Crippen LogP contribution in [0.15, 0.2) is 12.1 Å². The predicted octanol–water partition coefficient (Wildman–Crippen LogP) is 0.662. The molecule has 21 heavy (non-hydrogen) atoms. The van der Waals surface area contributed by atoms with E-state index in [4.69, 9.17) is 14.6 Å². The molecule has 0 radical (unpaired) electrons. The molecule has 1 fully saturated rings. The van der Waals surface area contributed by atoms with Crippen LogP contribution in [0.25, 0.3) is 0 Å². The molecule has 0 aliphatic carbocycles. The Morgan fingerprint density at radius 1 is 1.43 bits per heavy atom. The van der Waals surface area contributed by atoms with Crippen LogP contribution in [-0.4, -0.2) is 43.2 Å². The SMILES string of the molecule is COc1cc(CO)c([N+](=O)[O-])cc1OC1CCS(=O)(=O)C1. The van der Waals surface area contributed by atoms with Crippen LogP contribution >= 0.6 is 0 Å². The van der Waals surface area contributed by atoms with Gasteiger partial charge in [-0.15, -0.1) is 0 Å². The highest BCUT2D eigenvalue weighted by molar-refractivity contribution is 7.91. The molecule has 1 aromatic rings. The molecule has 0 spiro atoms. The van der Waals surface area contributed by atoms with Crippen LogP contribution in [0.4, 0.5) is 5.69 Å². The highest BCUT2D eigenvalue weighted by atomic mass is 32.2. The summed E-state index contributed by atoms with van der Waals surface area (Å²) in [7, 11) is -1.75. The molecule has 0 bridgehead atoms. The molecule has 8 nitrogen and oxygen atoms in total. The Balaban J connectivity index is 2.34. The van der Waals surface area contributed by atoms with Crippen LogP contribution in [0, 0.1) is 10.1 Å². The number of hydrogen-bond donors (Lipinski definition) is 1. The van der Waals surface area contributed by atoms with Gasteiger partial charge in [0, 0.05) is 0 Å². The summed E-state index contributed by atoms with van der Waals surface area (Å²) in [5, 5.41) is 20.1. The fourth-order valence-corrected chi connectivity index (χ4v) is 3.76. The molecule has 116 valence electrons. The van der Waals surface area contributed by atoms with Crippen LogP contribution in [0.1, 0.15) is 12.0 Å². The van der Waals surface area contributed by atoms with Crippen LogP contribution in [0.2, 0.25) is 0 Å². The fourth-order valence-electron chi connectivity index (χ4n) is 2.17. The normalized spacial score (nSPS) is 20.2. The minimum absolute atomic E-state index is 0.0385. The van der Waals surface area contributed by atoms with E-state index >= 15 is 0 Å². The summed E-state index contributed by atoms with van der Waals surface area (Å²) in [6.45, 7) is -0.509. The van der Waals surface area contributed by atoms with Crippen molar-refractivity contribution in [1.82, 2.24) is 0 Å². The molecule has 1 atom stereocenters. The van der Waals surface area contributed by atoms with Gasteiger partial charge in [-0.2, -0.15) is 0 Å². The van der Waals surface area contributed by atoms with Crippen molar-refractivity contribution in [2.45, 2.75) is 19.1 Å². The second-order valence-electron chi connectivity index (χ2n) is 4.69. The van der Waals surface area contributed by atoms with E-state index in [9.17, 15) is 18.5 Å². The van der Waals surface area contributed by atoms with E-state index in [2.05, 4.69) is 0 Å². The summed E-state index contributed by atoms with van der Waals surface area (Å²) in [6.07, 6.45) is -0.218. The maximum Gasteiger partial charge on any atom is 0.278 e. The molecule has 0 saturated carbocycles. The maximum atomic E-state index is 11.4. The lowest BCUT2D eigenvalue weighted by Crippen LogP contribution is -2.18. The topological polar surface area (TPSA) is 116 Å². The average molecular weight is 317 g/mol. The summed E-state index contributed by atoms with van der Waals surface area (Å²) >= 11 is 0. The molecule has 9 heteroatoms. The summed E-state index contributed by atoms with van der Waals surface area (Å²) < 4.78 is 33.4. The molecular formula is C12H15NO7S. The first-order valence-electron chi connectivity index (χ1n) is 6.19.